The van der Waals surface area contributed by atoms with Crippen molar-refractivity contribution >= 4 is 5.97 Å². The highest BCUT2D eigenvalue weighted by Gasteiger charge is 2.46. The van der Waals surface area contributed by atoms with Gasteiger partial charge in [0.05, 0.1) is 18.8 Å². The summed E-state index contributed by atoms with van der Waals surface area (Å²) >= 11 is 0. The van der Waals surface area contributed by atoms with Gasteiger partial charge in [0.1, 0.15) is 5.82 Å². The minimum atomic E-state index is -0.504. The van der Waals surface area contributed by atoms with Crippen molar-refractivity contribution in [3.8, 4) is 0 Å². The lowest BCUT2D eigenvalue weighted by Crippen LogP contribution is -2.52. The molecule has 1 N–H and O–H groups in total. The molecule has 3 fully saturated rings. The molecule has 3 atom stereocenters. The van der Waals surface area contributed by atoms with Crippen LogP contribution in [-0.4, -0.2) is 55.5 Å². The van der Waals surface area contributed by atoms with Crippen LogP contribution in [-0.2, 0) is 20.7 Å². The van der Waals surface area contributed by atoms with E-state index in [9.17, 15) is 9.18 Å². The second-order valence-electron chi connectivity index (χ2n) is 10.2. The van der Waals surface area contributed by atoms with Gasteiger partial charge in [-0.1, -0.05) is 30.3 Å². The molecule has 2 aliphatic heterocycles. The Morgan fingerprint density at radius 2 is 1.86 bits per heavy atom. The number of hydroxylamine groups is 1. The largest absolute Gasteiger partial charge is 0.366 e. The van der Waals surface area contributed by atoms with Gasteiger partial charge in [-0.2, -0.15) is 0 Å². The maximum absolute atomic E-state index is 13.3. The number of piperidine rings is 1. The molecule has 0 aromatic heterocycles. The Morgan fingerprint density at radius 3 is 2.63 bits per heavy atom. The number of likely N-dealkylation sites (tertiary alicyclic amines) is 1. The van der Waals surface area contributed by atoms with Crippen LogP contribution in [0.4, 0.5) is 4.39 Å². The first kappa shape index (κ1) is 24.4. The average molecular weight is 483 g/mol. The summed E-state index contributed by atoms with van der Waals surface area (Å²) in [6.45, 7) is 4.24. The van der Waals surface area contributed by atoms with Gasteiger partial charge in [0.2, 0.25) is 0 Å². The second-order valence-corrected chi connectivity index (χ2v) is 10.2. The minimum absolute atomic E-state index is 0.0403. The van der Waals surface area contributed by atoms with Crippen molar-refractivity contribution in [1.82, 2.24) is 10.4 Å². The first-order valence-electron chi connectivity index (χ1n) is 12.8. The molecular weight excluding hydrogens is 447 g/mol. The molecule has 188 valence electrons. The van der Waals surface area contributed by atoms with E-state index in [4.69, 9.17) is 14.3 Å². The normalized spacial score (nSPS) is 26.6. The van der Waals surface area contributed by atoms with E-state index in [1.165, 1.54) is 12.0 Å². The average Bonchev–Trinajstić information content (AvgIpc) is 3.33. The van der Waals surface area contributed by atoms with Crippen LogP contribution in [0.1, 0.15) is 48.0 Å². The number of hydrogen-bond acceptors (Lipinski definition) is 6. The SMILES string of the molecule is O=C(ON[C@@H]1CCC2(C[C@H]1CN1CCC[C@@H](Cc3ccc(F)cc3)C1)OCCO2)c1ccccc1. The fraction of sp³-hybridized carbons (Fsp3) is 0.536. The lowest BCUT2D eigenvalue weighted by Gasteiger charge is -2.44. The number of ether oxygens (including phenoxy) is 2. The molecule has 6 nitrogen and oxygen atoms in total. The fourth-order valence-electron chi connectivity index (χ4n) is 5.89. The summed E-state index contributed by atoms with van der Waals surface area (Å²) in [5.74, 6) is -0.276. The number of carbonyl (C=O) groups is 1. The molecule has 0 radical (unpaired) electrons. The molecule has 2 heterocycles. The van der Waals surface area contributed by atoms with Crippen molar-refractivity contribution in [3.63, 3.8) is 0 Å². The number of carbonyl (C=O) groups excluding carboxylic acids is 1. The van der Waals surface area contributed by atoms with Crippen molar-refractivity contribution in [2.45, 2.75) is 50.4 Å². The van der Waals surface area contributed by atoms with Crippen molar-refractivity contribution in [3.05, 3.63) is 71.5 Å². The number of nitrogens with one attached hydrogen (secondary N) is 1. The Balaban J connectivity index is 1.21. The zero-order valence-corrected chi connectivity index (χ0v) is 20.2. The van der Waals surface area contributed by atoms with Crippen LogP contribution in [0.15, 0.2) is 54.6 Å². The van der Waals surface area contributed by atoms with Gasteiger partial charge in [0.15, 0.2) is 5.79 Å². The summed E-state index contributed by atoms with van der Waals surface area (Å²) in [6.07, 6.45) is 5.69. The summed E-state index contributed by atoms with van der Waals surface area (Å²) in [6, 6.07) is 16.0. The predicted octanol–water partition coefficient (Wildman–Crippen LogP) is 4.35. The Hall–Kier alpha value is -2.32. The summed E-state index contributed by atoms with van der Waals surface area (Å²) in [4.78, 5) is 20.6. The Morgan fingerprint density at radius 1 is 1.09 bits per heavy atom. The molecule has 0 bridgehead atoms. The molecule has 0 unspecified atom stereocenters. The van der Waals surface area contributed by atoms with E-state index in [0.29, 0.717) is 24.7 Å². The van der Waals surface area contributed by atoms with Crippen LogP contribution < -0.4 is 5.48 Å². The van der Waals surface area contributed by atoms with Crippen molar-refractivity contribution < 1.29 is 23.5 Å². The predicted molar refractivity (Wildman–Crippen MR) is 130 cm³/mol. The molecule has 3 aliphatic rings. The molecule has 1 saturated carbocycles. The van der Waals surface area contributed by atoms with Crippen LogP contribution in [0.2, 0.25) is 0 Å². The maximum atomic E-state index is 13.3. The van der Waals surface area contributed by atoms with Gasteiger partial charge in [-0.25, -0.2) is 9.18 Å². The van der Waals surface area contributed by atoms with Gasteiger partial charge in [-0.15, -0.1) is 5.48 Å². The van der Waals surface area contributed by atoms with Gasteiger partial charge in [0, 0.05) is 32.0 Å². The molecular formula is C28H35FN2O4. The number of rotatable bonds is 7. The molecule has 0 amide bonds. The molecule has 35 heavy (non-hydrogen) atoms. The van der Waals surface area contributed by atoms with E-state index in [-0.39, 0.29) is 23.7 Å². The lowest BCUT2D eigenvalue weighted by atomic mass is 9.80. The Labute approximate surface area is 206 Å². The third kappa shape index (κ3) is 6.28. The van der Waals surface area contributed by atoms with Crippen molar-refractivity contribution in [2.24, 2.45) is 11.8 Å². The van der Waals surface area contributed by atoms with Gasteiger partial charge in [-0.05, 0) is 73.9 Å². The summed E-state index contributed by atoms with van der Waals surface area (Å²) in [7, 11) is 0. The fourth-order valence-corrected chi connectivity index (χ4v) is 5.89. The summed E-state index contributed by atoms with van der Waals surface area (Å²) in [5.41, 5.74) is 4.82. The smallest absolute Gasteiger partial charge is 0.356 e. The molecule has 2 aromatic rings. The molecule has 1 aliphatic carbocycles. The molecule has 7 heteroatoms. The minimum Gasteiger partial charge on any atom is -0.366 e. The second kappa shape index (κ2) is 11.2. The van der Waals surface area contributed by atoms with Crippen LogP contribution >= 0.6 is 0 Å². The zero-order chi connectivity index (χ0) is 24.1. The summed E-state index contributed by atoms with van der Waals surface area (Å²) < 4.78 is 25.4. The van der Waals surface area contributed by atoms with Crippen molar-refractivity contribution in [1.29, 1.82) is 0 Å². The first-order valence-corrected chi connectivity index (χ1v) is 12.8. The van der Waals surface area contributed by atoms with Gasteiger partial charge >= 0.3 is 5.97 Å². The number of nitrogens with zero attached hydrogens (tertiary/aromatic N) is 1. The van der Waals surface area contributed by atoms with Crippen LogP contribution in [0.25, 0.3) is 0 Å². The number of benzene rings is 2. The highest BCUT2D eigenvalue weighted by Crippen LogP contribution is 2.39. The third-order valence-corrected chi connectivity index (χ3v) is 7.64. The molecule has 2 aromatic carbocycles. The van der Waals surface area contributed by atoms with E-state index in [1.807, 2.05) is 30.3 Å². The molecule has 5 rings (SSSR count). The van der Waals surface area contributed by atoms with E-state index in [1.54, 1.807) is 24.3 Å². The molecule has 1 spiro atoms. The van der Waals surface area contributed by atoms with E-state index < -0.39 is 5.79 Å². The number of halogens is 1. The topological polar surface area (TPSA) is 60.0 Å². The van der Waals surface area contributed by atoms with Gasteiger partial charge in [0.25, 0.3) is 0 Å². The molecule has 2 saturated heterocycles. The van der Waals surface area contributed by atoms with Crippen molar-refractivity contribution in [2.75, 3.05) is 32.8 Å². The zero-order valence-electron chi connectivity index (χ0n) is 20.2. The lowest BCUT2D eigenvalue weighted by molar-refractivity contribution is -0.196. The van der Waals surface area contributed by atoms with E-state index >= 15 is 0 Å². The van der Waals surface area contributed by atoms with Gasteiger partial charge in [-0.3, -0.25) is 0 Å². The first-order chi connectivity index (χ1) is 17.1. The monoisotopic (exact) mass is 482 g/mol. The highest BCUT2D eigenvalue weighted by molar-refractivity contribution is 5.89. The number of hydrogen-bond donors (Lipinski definition) is 1. The third-order valence-electron chi connectivity index (χ3n) is 7.64. The standard InChI is InChI=1S/C28H35FN2O4/c29-25-10-8-21(9-11-25)17-22-5-4-14-31(19-22)20-24-18-28(33-15-16-34-28)13-12-26(24)30-35-27(32)23-6-2-1-3-7-23/h1-3,6-11,22,24,26,30H,4-5,12-20H2/t22-,24-,26+/m0/s1. The Kier molecular flexibility index (Phi) is 7.78. The van der Waals surface area contributed by atoms with Crippen LogP contribution in [0.3, 0.4) is 0 Å². The van der Waals surface area contributed by atoms with Crippen LogP contribution in [0, 0.1) is 17.7 Å². The maximum Gasteiger partial charge on any atom is 0.356 e. The summed E-state index contributed by atoms with van der Waals surface area (Å²) in [5, 5.41) is 0. The highest BCUT2D eigenvalue weighted by atomic mass is 19.1. The van der Waals surface area contributed by atoms with E-state index in [2.05, 4.69) is 10.4 Å². The van der Waals surface area contributed by atoms with Gasteiger partial charge < -0.3 is 19.2 Å². The van der Waals surface area contributed by atoms with Crippen LogP contribution in [0.5, 0.6) is 0 Å². The Bertz CT molecular complexity index is 965. The van der Waals surface area contributed by atoms with E-state index in [0.717, 1.165) is 51.7 Å². The quantitative estimate of drug-likeness (QED) is 0.592.